The summed E-state index contributed by atoms with van der Waals surface area (Å²) in [4.78, 5) is 12.7. The number of nitrogens with zero attached hydrogens (tertiary/aromatic N) is 3. The highest BCUT2D eigenvalue weighted by Crippen LogP contribution is 2.22. The topological polar surface area (TPSA) is 41.1 Å². The van der Waals surface area contributed by atoms with Crippen molar-refractivity contribution >= 4 is 17.0 Å². The first-order valence-corrected chi connectivity index (χ1v) is 7.73. The lowest BCUT2D eigenvalue weighted by molar-refractivity contribution is 0.720. The predicted octanol–water partition coefficient (Wildman–Crippen LogP) is 3.02. The molecule has 2 aromatic heterocycles. The van der Waals surface area contributed by atoms with Gasteiger partial charge in [-0.1, -0.05) is 19.9 Å². The van der Waals surface area contributed by atoms with Crippen molar-refractivity contribution in [3.8, 4) is 0 Å². The van der Waals surface area contributed by atoms with E-state index in [1.54, 1.807) is 11.3 Å². The minimum absolute atomic E-state index is 0.349. The van der Waals surface area contributed by atoms with Crippen molar-refractivity contribution in [2.24, 2.45) is 0 Å². The molecule has 2 heterocycles. The Labute approximate surface area is 124 Å². The molecular weight excluding hydrogens is 268 g/mol. The first kappa shape index (κ1) is 14.9. The Morgan fingerprint density at radius 2 is 2.20 bits per heavy atom. The average Bonchev–Trinajstić information content (AvgIpc) is 2.91. The molecule has 0 aliphatic carbocycles. The Kier molecular flexibility index (Phi) is 5.09. The number of nitrogens with one attached hydrogen (secondary N) is 1. The zero-order chi connectivity index (χ0) is 14.5. The molecule has 0 bridgehead atoms. The van der Waals surface area contributed by atoms with Gasteiger partial charge in [0.2, 0.25) is 0 Å². The van der Waals surface area contributed by atoms with Crippen molar-refractivity contribution in [2.75, 3.05) is 19.0 Å². The lowest BCUT2D eigenvalue weighted by Crippen LogP contribution is -2.21. The molecule has 0 radical (unpaired) electrons. The predicted molar refractivity (Wildman–Crippen MR) is 85.3 cm³/mol. The smallest absolute Gasteiger partial charge is 0.131 e. The van der Waals surface area contributed by atoms with Crippen LogP contribution in [0.3, 0.4) is 0 Å². The molecule has 0 aliphatic heterocycles. The molecule has 0 atom stereocenters. The minimum atomic E-state index is 0.349. The number of rotatable bonds is 6. The van der Waals surface area contributed by atoms with Crippen LogP contribution in [0.5, 0.6) is 0 Å². The van der Waals surface area contributed by atoms with Crippen molar-refractivity contribution in [1.82, 2.24) is 15.3 Å². The van der Waals surface area contributed by atoms with Gasteiger partial charge in [0.05, 0.1) is 24.1 Å². The van der Waals surface area contributed by atoms with Gasteiger partial charge in [0.25, 0.3) is 0 Å². The molecule has 2 aromatic rings. The molecule has 0 saturated heterocycles. The van der Waals surface area contributed by atoms with Crippen LogP contribution in [0.4, 0.5) is 5.69 Å². The quantitative estimate of drug-likeness (QED) is 0.888. The van der Waals surface area contributed by atoms with Gasteiger partial charge in [0.1, 0.15) is 5.82 Å². The van der Waals surface area contributed by atoms with E-state index in [0.717, 1.165) is 30.3 Å². The fourth-order valence-corrected chi connectivity index (χ4v) is 2.80. The van der Waals surface area contributed by atoms with Crippen molar-refractivity contribution in [2.45, 2.75) is 32.9 Å². The normalized spacial score (nSPS) is 11.1. The van der Waals surface area contributed by atoms with Crippen LogP contribution in [0.1, 0.15) is 36.2 Å². The summed E-state index contributed by atoms with van der Waals surface area (Å²) >= 11 is 1.78. The third kappa shape index (κ3) is 3.55. The SMILES string of the molecule is CNCc1nc(C(C)C)ncc1N(C)Cc1cccs1. The highest BCUT2D eigenvalue weighted by molar-refractivity contribution is 7.09. The molecule has 20 heavy (non-hydrogen) atoms. The Morgan fingerprint density at radius 1 is 1.40 bits per heavy atom. The maximum Gasteiger partial charge on any atom is 0.131 e. The molecule has 4 nitrogen and oxygen atoms in total. The Hall–Kier alpha value is -1.46. The van der Waals surface area contributed by atoms with Crippen LogP contribution in [-0.4, -0.2) is 24.1 Å². The summed E-state index contributed by atoms with van der Waals surface area (Å²) in [7, 11) is 4.03. The van der Waals surface area contributed by atoms with Crippen LogP contribution < -0.4 is 10.2 Å². The van der Waals surface area contributed by atoms with E-state index in [9.17, 15) is 0 Å². The van der Waals surface area contributed by atoms with E-state index in [4.69, 9.17) is 4.98 Å². The van der Waals surface area contributed by atoms with E-state index >= 15 is 0 Å². The van der Waals surface area contributed by atoms with Crippen LogP contribution in [0.15, 0.2) is 23.7 Å². The largest absolute Gasteiger partial charge is 0.367 e. The van der Waals surface area contributed by atoms with Gasteiger partial charge in [-0.3, -0.25) is 0 Å². The number of thiophene rings is 1. The Bertz CT molecular complexity index is 537. The third-order valence-corrected chi connectivity index (χ3v) is 3.97. The van der Waals surface area contributed by atoms with Gasteiger partial charge < -0.3 is 10.2 Å². The zero-order valence-corrected chi connectivity index (χ0v) is 13.4. The summed E-state index contributed by atoms with van der Waals surface area (Å²) in [5.74, 6) is 1.26. The van der Waals surface area contributed by atoms with Crippen LogP contribution in [0.2, 0.25) is 0 Å². The van der Waals surface area contributed by atoms with E-state index in [-0.39, 0.29) is 0 Å². The molecule has 2 rings (SSSR count). The molecule has 0 saturated carbocycles. The van der Waals surface area contributed by atoms with Gasteiger partial charge in [-0.2, -0.15) is 0 Å². The number of aromatic nitrogens is 2. The standard InChI is InChI=1S/C15H22N4S/c1-11(2)15-17-9-14(13(18-15)8-16-3)19(4)10-12-6-5-7-20-12/h5-7,9,11,16H,8,10H2,1-4H3. The fourth-order valence-electron chi connectivity index (χ4n) is 2.04. The van der Waals surface area contributed by atoms with Gasteiger partial charge in [-0.15, -0.1) is 11.3 Å². The lowest BCUT2D eigenvalue weighted by Gasteiger charge is -2.21. The summed E-state index contributed by atoms with van der Waals surface area (Å²) in [6.45, 7) is 5.88. The van der Waals surface area contributed by atoms with Crippen LogP contribution >= 0.6 is 11.3 Å². The summed E-state index contributed by atoms with van der Waals surface area (Å²) < 4.78 is 0. The second-order valence-electron chi connectivity index (χ2n) is 5.18. The molecule has 0 aromatic carbocycles. The monoisotopic (exact) mass is 290 g/mol. The summed E-state index contributed by atoms with van der Waals surface area (Å²) in [6.07, 6.45) is 1.95. The molecule has 0 aliphatic rings. The first-order chi connectivity index (χ1) is 9.61. The molecule has 5 heteroatoms. The van der Waals surface area contributed by atoms with E-state index in [0.29, 0.717) is 5.92 Å². The highest BCUT2D eigenvalue weighted by Gasteiger charge is 2.13. The second-order valence-corrected chi connectivity index (χ2v) is 6.21. The Morgan fingerprint density at radius 3 is 2.80 bits per heavy atom. The minimum Gasteiger partial charge on any atom is -0.367 e. The maximum atomic E-state index is 4.70. The molecular formula is C15H22N4S. The van der Waals surface area contributed by atoms with Gasteiger partial charge >= 0.3 is 0 Å². The molecule has 1 N–H and O–H groups in total. The molecule has 0 fully saturated rings. The summed E-state index contributed by atoms with van der Waals surface area (Å²) in [6, 6.07) is 4.24. The zero-order valence-electron chi connectivity index (χ0n) is 12.6. The lowest BCUT2D eigenvalue weighted by atomic mass is 10.2. The molecule has 0 spiro atoms. The number of hydrogen-bond acceptors (Lipinski definition) is 5. The molecule has 0 amide bonds. The van der Waals surface area contributed by atoms with Crippen molar-refractivity contribution in [3.63, 3.8) is 0 Å². The first-order valence-electron chi connectivity index (χ1n) is 6.85. The van der Waals surface area contributed by atoms with Gasteiger partial charge in [-0.05, 0) is 18.5 Å². The third-order valence-electron chi connectivity index (χ3n) is 3.11. The van der Waals surface area contributed by atoms with Crippen molar-refractivity contribution < 1.29 is 0 Å². The number of hydrogen-bond donors (Lipinski definition) is 1. The van der Waals surface area contributed by atoms with E-state index < -0.39 is 0 Å². The Balaban J connectivity index is 2.24. The average molecular weight is 290 g/mol. The molecule has 108 valence electrons. The number of anilines is 1. The van der Waals surface area contributed by atoms with Crippen LogP contribution in [-0.2, 0) is 13.1 Å². The van der Waals surface area contributed by atoms with E-state index in [2.05, 4.69) is 53.6 Å². The van der Waals surface area contributed by atoms with Gasteiger partial charge in [-0.25, -0.2) is 9.97 Å². The van der Waals surface area contributed by atoms with Gasteiger partial charge in [0.15, 0.2) is 0 Å². The van der Waals surface area contributed by atoms with Crippen molar-refractivity contribution in [1.29, 1.82) is 0 Å². The molecule has 0 unspecified atom stereocenters. The van der Waals surface area contributed by atoms with Crippen LogP contribution in [0.25, 0.3) is 0 Å². The highest BCUT2D eigenvalue weighted by atomic mass is 32.1. The van der Waals surface area contributed by atoms with Crippen molar-refractivity contribution in [3.05, 3.63) is 40.1 Å². The summed E-state index contributed by atoms with van der Waals surface area (Å²) in [5, 5.41) is 5.30. The maximum absolute atomic E-state index is 4.70. The fraction of sp³-hybridized carbons (Fsp3) is 0.467. The van der Waals surface area contributed by atoms with Crippen LogP contribution in [0, 0.1) is 0 Å². The summed E-state index contributed by atoms with van der Waals surface area (Å²) in [5.41, 5.74) is 2.16. The van der Waals surface area contributed by atoms with E-state index in [1.165, 1.54) is 4.88 Å². The van der Waals surface area contributed by atoms with E-state index in [1.807, 2.05) is 13.2 Å². The second kappa shape index (κ2) is 6.81. The van der Waals surface area contributed by atoms with Gasteiger partial charge in [0, 0.05) is 24.4 Å².